The molecule has 1 amide bonds. The maximum atomic E-state index is 12.3. The average Bonchev–Trinajstić information content (AvgIpc) is 3.37. The standard InChI is InChI=1S/C18H24ClN3O3/c1-17(2,3)18(10-20-6-7-22(18)16(24)25)15-13(19)8-12(9-21-15)14(23)11-4-5-11/h8-9,11,20H,4-7,10H2,1-3H3,(H,24,25). The molecule has 0 radical (unpaired) electrons. The zero-order valence-electron chi connectivity index (χ0n) is 14.8. The number of piperazine rings is 1. The highest BCUT2D eigenvalue weighted by Gasteiger charge is 2.53. The summed E-state index contributed by atoms with van der Waals surface area (Å²) >= 11 is 6.54. The Morgan fingerprint density at radius 1 is 1.40 bits per heavy atom. The molecule has 1 saturated carbocycles. The number of ketones is 1. The van der Waals surface area contributed by atoms with Gasteiger partial charge in [0.25, 0.3) is 0 Å². The molecule has 0 spiro atoms. The Hall–Kier alpha value is -1.66. The molecule has 6 nitrogen and oxygen atoms in total. The Morgan fingerprint density at radius 3 is 2.60 bits per heavy atom. The lowest BCUT2D eigenvalue weighted by Gasteiger charge is -2.53. The highest BCUT2D eigenvalue weighted by molar-refractivity contribution is 6.31. The molecule has 1 aliphatic heterocycles. The fourth-order valence-corrected chi connectivity index (χ4v) is 4.02. The van der Waals surface area contributed by atoms with Gasteiger partial charge in [0.15, 0.2) is 5.78 Å². The van der Waals surface area contributed by atoms with E-state index in [2.05, 4.69) is 10.3 Å². The normalized spacial score (nSPS) is 24.2. The Kier molecular flexibility index (Phi) is 4.54. The minimum atomic E-state index is -0.993. The fraction of sp³-hybridized carbons (Fsp3) is 0.611. The Morgan fingerprint density at radius 2 is 2.08 bits per heavy atom. The van der Waals surface area contributed by atoms with Gasteiger partial charge >= 0.3 is 6.09 Å². The van der Waals surface area contributed by atoms with Crippen LogP contribution in [0.15, 0.2) is 12.3 Å². The van der Waals surface area contributed by atoms with E-state index in [4.69, 9.17) is 11.6 Å². The number of amides is 1. The smallest absolute Gasteiger partial charge is 0.408 e. The summed E-state index contributed by atoms with van der Waals surface area (Å²) in [6, 6.07) is 1.65. The van der Waals surface area contributed by atoms with Crippen molar-refractivity contribution in [3.05, 3.63) is 28.5 Å². The summed E-state index contributed by atoms with van der Waals surface area (Å²) < 4.78 is 0. The first-order chi connectivity index (χ1) is 11.7. The van der Waals surface area contributed by atoms with Crippen molar-refractivity contribution in [2.24, 2.45) is 11.3 Å². The molecule has 0 bridgehead atoms. The van der Waals surface area contributed by atoms with Gasteiger partial charge in [0, 0.05) is 37.3 Å². The van der Waals surface area contributed by atoms with Gasteiger partial charge in [-0.2, -0.15) is 0 Å². The van der Waals surface area contributed by atoms with Gasteiger partial charge in [-0.15, -0.1) is 0 Å². The van der Waals surface area contributed by atoms with Gasteiger partial charge in [-0.25, -0.2) is 4.79 Å². The van der Waals surface area contributed by atoms with Gasteiger partial charge in [0.1, 0.15) is 5.54 Å². The van der Waals surface area contributed by atoms with Crippen molar-refractivity contribution in [2.45, 2.75) is 39.2 Å². The van der Waals surface area contributed by atoms with Gasteiger partial charge in [-0.1, -0.05) is 32.4 Å². The maximum absolute atomic E-state index is 12.3. The highest BCUT2D eigenvalue weighted by atomic mass is 35.5. The predicted molar refractivity (Wildman–Crippen MR) is 95.0 cm³/mol. The van der Waals surface area contributed by atoms with Crippen LogP contribution < -0.4 is 5.32 Å². The molecule has 1 aliphatic carbocycles. The van der Waals surface area contributed by atoms with E-state index in [-0.39, 0.29) is 11.7 Å². The zero-order valence-corrected chi connectivity index (χ0v) is 15.6. The molecular formula is C18H24ClN3O3. The van der Waals surface area contributed by atoms with Gasteiger partial charge < -0.3 is 10.4 Å². The first-order valence-electron chi connectivity index (χ1n) is 8.60. The number of carbonyl (C=O) groups is 2. The van der Waals surface area contributed by atoms with Gasteiger partial charge in [-0.05, 0) is 24.3 Å². The van der Waals surface area contributed by atoms with Crippen LogP contribution in [0.2, 0.25) is 5.02 Å². The third-order valence-corrected chi connectivity index (χ3v) is 5.58. The molecule has 2 fully saturated rings. The van der Waals surface area contributed by atoms with Crippen molar-refractivity contribution >= 4 is 23.5 Å². The lowest BCUT2D eigenvalue weighted by Crippen LogP contribution is -2.66. The summed E-state index contributed by atoms with van der Waals surface area (Å²) in [5.41, 5.74) is -0.346. The molecule has 1 saturated heterocycles. The number of pyridine rings is 1. The second-order valence-electron chi connectivity index (χ2n) is 7.91. The van der Waals surface area contributed by atoms with Crippen LogP contribution in [-0.2, 0) is 5.54 Å². The summed E-state index contributed by atoms with van der Waals surface area (Å²) in [6.07, 6.45) is 2.39. The number of halogens is 1. The number of carbonyl (C=O) groups excluding carboxylic acids is 1. The fourth-order valence-electron chi connectivity index (χ4n) is 3.70. The summed E-state index contributed by atoms with van der Waals surface area (Å²) in [4.78, 5) is 30.2. The van der Waals surface area contributed by atoms with E-state index in [0.29, 0.717) is 35.9 Å². The van der Waals surface area contributed by atoms with Gasteiger partial charge in [0.2, 0.25) is 0 Å². The minimum Gasteiger partial charge on any atom is -0.465 e. The molecule has 7 heteroatoms. The molecule has 3 rings (SSSR count). The summed E-state index contributed by atoms with van der Waals surface area (Å²) in [6.45, 7) is 7.31. The third-order valence-electron chi connectivity index (χ3n) is 5.29. The number of Topliss-reactive ketones (excluding diaryl/α,β-unsaturated/α-hetero) is 1. The number of nitrogens with zero attached hydrogens (tertiary/aromatic N) is 2. The van der Waals surface area contributed by atoms with Crippen LogP contribution >= 0.6 is 11.6 Å². The average molecular weight is 366 g/mol. The van der Waals surface area contributed by atoms with Gasteiger partial charge in [0.05, 0.1) is 10.7 Å². The predicted octanol–water partition coefficient (Wildman–Crippen LogP) is 3.15. The number of carboxylic acid groups (broad SMARTS) is 1. The second kappa shape index (κ2) is 6.25. The second-order valence-corrected chi connectivity index (χ2v) is 8.32. The summed E-state index contributed by atoms with van der Waals surface area (Å²) in [5.74, 6) is 0.162. The van der Waals surface area contributed by atoms with Crippen molar-refractivity contribution < 1.29 is 14.7 Å². The van der Waals surface area contributed by atoms with E-state index in [1.165, 1.54) is 4.90 Å². The maximum Gasteiger partial charge on any atom is 0.408 e. The largest absolute Gasteiger partial charge is 0.465 e. The lowest BCUT2D eigenvalue weighted by molar-refractivity contribution is -0.0212. The van der Waals surface area contributed by atoms with E-state index in [0.717, 1.165) is 12.8 Å². The van der Waals surface area contributed by atoms with Crippen molar-refractivity contribution in [3.63, 3.8) is 0 Å². The number of aromatic nitrogens is 1. The molecule has 2 aliphatic rings. The topological polar surface area (TPSA) is 82.5 Å². The van der Waals surface area contributed by atoms with E-state index in [1.807, 2.05) is 20.8 Å². The Bertz CT molecular complexity index is 712. The zero-order chi connectivity index (χ0) is 18.4. The van der Waals surface area contributed by atoms with Crippen molar-refractivity contribution in [2.75, 3.05) is 19.6 Å². The summed E-state index contributed by atoms with van der Waals surface area (Å²) in [5, 5.41) is 13.4. The van der Waals surface area contributed by atoms with E-state index >= 15 is 0 Å². The molecule has 1 unspecified atom stereocenters. The monoisotopic (exact) mass is 365 g/mol. The van der Waals surface area contributed by atoms with Crippen LogP contribution in [0, 0.1) is 11.3 Å². The van der Waals surface area contributed by atoms with Crippen molar-refractivity contribution in [3.8, 4) is 0 Å². The van der Waals surface area contributed by atoms with Crippen LogP contribution in [-0.4, -0.2) is 46.5 Å². The number of hydrogen-bond acceptors (Lipinski definition) is 4. The summed E-state index contributed by atoms with van der Waals surface area (Å²) in [7, 11) is 0. The quantitative estimate of drug-likeness (QED) is 0.804. The molecule has 136 valence electrons. The lowest BCUT2D eigenvalue weighted by atomic mass is 9.69. The Balaban J connectivity index is 2.10. The minimum absolute atomic E-state index is 0.0719. The first kappa shape index (κ1) is 18.1. The molecule has 1 aromatic heterocycles. The first-order valence-corrected chi connectivity index (χ1v) is 8.98. The van der Waals surface area contributed by atoms with Crippen LogP contribution in [0.1, 0.15) is 49.7 Å². The Labute approximate surface area is 152 Å². The number of nitrogens with one attached hydrogen (secondary N) is 1. The SMILES string of the molecule is CC(C)(C)C1(c2ncc(C(=O)C3CC3)cc2Cl)CNCCN1C(=O)O. The molecule has 1 atom stereocenters. The van der Waals surface area contributed by atoms with Crippen LogP contribution in [0.25, 0.3) is 0 Å². The highest BCUT2D eigenvalue weighted by Crippen LogP contribution is 2.47. The van der Waals surface area contributed by atoms with Crippen LogP contribution in [0.3, 0.4) is 0 Å². The molecule has 0 aromatic carbocycles. The molecule has 2 heterocycles. The third kappa shape index (κ3) is 3.02. The van der Waals surface area contributed by atoms with Crippen LogP contribution in [0.5, 0.6) is 0 Å². The molecule has 1 aromatic rings. The van der Waals surface area contributed by atoms with Crippen LogP contribution in [0.4, 0.5) is 4.79 Å². The van der Waals surface area contributed by atoms with Crippen molar-refractivity contribution in [1.29, 1.82) is 0 Å². The molecule has 2 N–H and O–H groups in total. The number of hydrogen-bond donors (Lipinski definition) is 2. The van der Waals surface area contributed by atoms with E-state index < -0.39 is 17.0 Å². The number of rotatable bonds is 3. The van der Waals surface area contributed by atoms with Crippen molar-refractivity contribution in [1.82, 2.24) is 15.2 Å². The van der Waals surface area contributed by atoms with E-state index in [9.17, 15) is 14.7 Å². The molecule has 25 heavy (non-hydrogen) atoms. The molecular weight excluding hydrogens is 342 g/mol. The van der Waals surface area contributed by atoms with Gasteiger partial charge in [-0.3, -0.25) is 14.7 Å². The van der Waals surface area contributed by atoms with E-state index in [1.54, 1.807) is 12.3 Å².